The van der Waals surface area contributed by atoms with E-state index < -0.39 is 81.8 Å². The van der Waals surface area contributed by atoms with Crippen LogP contribution in [0.25, 0.3) is 0 Å². The van der Waals surface area contributed by atoms with Crippen LogP contribution in [0.4, 0.5) is 0 Å². The average molecular weight is 921 g/mol. The highest BCUT2D eigenvalue weighted by molar-refractivity contribution is 7.47. The molecule has 0 aromatic rings. The number of carbonyl (C=O) groups is 2. The number of esters is 2. The maximum Gasteiger partial charge on any atom is 0.472 e. The molecule has 0 bridgehead atoms. The Morgan fingerprint density at radius 1 is 0.562 bits per heavy atom. The molecule has 0 amide bonds. The molecule has 0 radical (unpaired) electrons. The van der Waals surface area contributed by atoms with Crippen LogP contribution in [0.2, 0.25) is 0 Å². The molecule has 1 aliphatic rings. The van der Waals surface area contributed by atoms with Gasteiger partial charge in [-0.15, -0.1) is 0 Å². The molecule has 0 spiro atoms. The van der Waals surface area contributed by atoms with E-state index >= 15 is 0 Å². The molecule has 0 saturated heterocycles. The van der Waals surface area contributed by atoms with Crippen LogP contribution in [-0.2, 0) is 32.7 Å². The van der Waals surface area contributed by atoms with Crippen LogP contribution < -0.4 is 0 Å². The van der Waals surface area contributed by atoms with Crippen LogP contribution in [0.15, 0.2) is 109 Å². The predicted molar refractivity (Wildman–Crippen MR) is 250 cm³/mol. The summed E-state index contributed by atoms with van der Waals surface area (Å²) in [7, 11) is -5.16. The van der Waals surface area contributed by atoms with Gasteiger partial charge < -0.3 is 45.0 Å². The zero-order chi connectivity index (χ0) is 47.3. The predicted octanol–water partition coefficient (Wildman–Crippen LogP) is 7.80. The second kappa shape index (κ2) is 37.7. The Kier molecular flexibility index (Phi) is 34.4. The first-order valence-corrected chi connectivity index (χ1v) is 24.3. The van der Waals surface area contributed by atoms with E-state index in [2.05, 4.69) is 62.5 Å². The second-order valence-electron chi connectivity index (χ2n) is 15.3. The van der Waals surface area contributed by atoms with Gasteiger partial charge >= 0.3 is 19.8 Å². The number of unbranched alkanes of at least 4 members (excludes halogenated alkanes) is 5. The zero-order valence-electron chi connectivity index (χ0n) is 37.9. The van der Waals surface area contributed by atoms with E-state index in [0.717, 1.165) is 64.2 Å². The summed E-state index contributed by atoms with van der Waals surface area (Å²) in [5.74, 6) is -1.26. The van der Waals surface area contributed by atoms with Gasteiger partial charge in [0, 0.05) is 12.8 Å². The van der Waals surface area contributed by atoms with Gasteiger partial charge in [0.05, 0.1) is 12.7 Å². The standard InChI is InChI=1S/C49H77O14P/c1-3-5-7-9-11-12-13-14-15-16-17-21-24-28-32-36-42(51)60-38-41(39-61-64(58,59)63-49-47(56)45(54)44(53)46(55)48(49)57)62-43(52)37-33-29-25-22-19-18-20-23-27-31-35-40(50)34-30-26-10-8-6-4-2/h5-8,11-12,14-15,18-19,23,25-27,29-31,35,40-41,44-50,53-57H,3-4,9-10,13,16-17,20-22,24,28,32-34,36-39H2,1-2H3,(H,58,59)/b7-5-,8-6-,12-11-,15-14-,19-18-,27-23-,29-25-,30-26-,35-31+/t40?,41-,44?,45-,46+,47-,48-,49?/m1/s1. The fourth-order valence-corrected chi connectivity index (χ4v) is 7.03. The molecule has 1 rings (SSSR count). The molecular weight excluding hydrogens is 843 g/mol. The molecular formula is C49H77O14P. The molecule has 0 heterocycles. The van der Waals surface area contributed by atoms with Crippen LogP contribution in [-0.4, -0.2) is 110 Å². The number of aliphatic hydroxyl groups excluding tert-OH is 6. The van der Waals surface area contributed by atoms with Crippen molar-refractivity contribution in [2.45, 2.75) is 172 Å². The molecule has 0 aliphatic heterocycles. The number of hydrogen-bond donors (Lipinski definition) is 7. The highest BCUT2D eigenvalue weighted by atomic mass is 31.2. The molecule has 1 saturated carbocycles. The summed E-state index contributed by atoms with van der Waals surface area (Å²) >= 11 is 0. The van der Waals surface area contributed by atoms with Crippen molar-refractivity contribution in [1.82, 2.24) is 0 Å². The Bertz CT molecular complexity index is 1550. The Morgan fingerprint density at radius 2 is 1.06 bits per heavy atom. The van der Waals surface area contributed by atoms with Crippen molar-refractivity contribution in [2.24, 2.45) is 0 Å². The summed E-state index contributed by atoms with van der Waals surface area (Å²) in [4.78, 5) is 35.7. The summed E-state index contributed by atoms with van der Waals surface area (Å²) < 4.78 is 33.4. The lowest BCUT2D eigenvalue weighted by molar-refractivity contribution is -0.220. The Balaban J connectivity index is 2.57. The van der Waals surface area contributed by atoms with E-state index in [9.17, 15) is 49.7 Å². The smallest absolute Gasteiger partial charge is 0.462 e. The van der Waals surface area contributed by atoms with Crippen molar-refractivity contribution in [2.75, 3.05) is 13.2 Å². The molecule has 64 heavy (non-hydrogen) atoms. The van der Waals surface area contributed by atoms with E-state index in [0.29, 0.717) is 32.1 Å². The summed E-state index contributed by atoms with van der Waals surface area (Å²) in [6.07, 6.45) is 34.6. The highest BCUT2D eigenvalue weighted by Gasteiger charge is 2.51. The summed E-state index contributed by atoms with van der Waals surface area (Å²) in [5.41, 5.74) is 0. The lowest BCUT2D eigenvalue weighted by Crippen LogP contribution is -2.64. The number of phosphoric ester groups is 1. The third kappa shape index (κ3) is 29.8. The van der Waals surface area contributed by atoms with Crippen molar-refractivity contribution in [1.29, 1.82) is 0 Å². The molecule has 15 heteroatoms. The molecule has 1 fully saturated rings. The van der Waals surface area contributed by atoms with E-state index in [-0.39, 0.29) is 12.8 Å². The SMILES string of the molecule is CC/C=C\C/C=C\C/C=C\CCCCCCCC(=O)OC[C@H](COP(=O)(O)OC1[C@H](O)[C@H](O)C(O)[C@H](O)[C@H]1O)OC(=O)CC/C=C\C/C=C\C/C=C\C=C\C(O)C/C=C\C/C=C\CC. The number of aliphatic hydroxyl groups is 6. The first kappa shape index (κ1) is 58.5. The average Bonchev–Trinajstić information content (AvgIpc) is 3.27. The van der Waals surface area contributed by atoms with E-state index in [1.54, 1.807) is 12.2 Å². The molecule has 4 unspecified atom stereocenters. The molecule has 14 nitrogen and oxygen atoms in total. The summed E-state index contributed by atoms with van der Waals surface area (Å²) in [6, 6.07) is 0. The Labute approximate surface area is 381 Å². The normalized spacial score (nSPS) is 23.1. The van der Waals surface area contributed by atoms with E-state index in [1.165, 1.54) is 0 Å². The molecule has 7 N–H and O–H groups in total. The van der Waals surface area contributed by atoms with E-state index in [1.807, 2.05) is 48.6 Å². The van der Waals surface area contributed by atoms with Crippen molar-refractivity contribution in [3.8, 4) is 0 Å². The number of rotatable bonds is 35. The minimum absolute atomic E-state index is 0.0626. The third-order valence-electron chi connectivity index (χ3n) is 9.70. The minimum Gasteiger partial charge on any atom is -0.462 e. The monoisotopic (exact) mass is 921 g/mol. The zero-order valence-corrected chi connectivity index (χ0v) is 38.8. The highest BCUT2D eigenvalue weighted by Crippen LogP contribution is 2.47. The number of phosphoric acid groups is 1. The van der Waals surface area contributed by atoms with Gasteiger partial charge in [-0.1, -0.05) is 142 Å². The number of allylic oxidation sites excluding steroid dienone is 16. The lowest BCUT2D eigenvalue weighted by atomic mass is 9.85. The van der Waals surface area contributed by atoms with Crippen LogP contribution in [0, 0.1) is 0 Å². The lowest BCUT2D eigenvalue weighted by Gasteiger charge is -2.41. The van der Waals surface area contributed by atoms with Gasteiger partial charge in [0.25, 0.3) is 0 Å². The fourth-order valence-electron chi connectivity index (χ4n) is 6.06. The maximum absolute atomic E-state index is 12.8. The van der Waals surface area contributed by atoms with Gasteiger partial charge in [0.2, 0.25) is 0 Å². The Morgan fingerprint density at radius 3 is 1.67 bits per heavy atom. The fraction of sp³-hybridized carbons (Fsp3) is 0.592. The first-order chi connectivity index (χ1) is 30.8. The van der Waals surface area contributed by atoms with Gasteiger partial charge in [0.1, 0.15) is 43.2 Å². The quantitative estimate of drug-likeness (QED) is 0.0106. The number of carbonyl (C=O) groups excluding carboxylic acids is 2. The van der Waals surface area contributed by atoms with Crippen molar-refractivity contribution >= 4 is 19.8 Å². The van der Waals surface area contributed by atoms with Crippen LogP contribution in [0.1, 0.15) is 123 Å². The van der Waals surface area contributed by atoms with Gasteiger partial charge in [-0.3, -0.25) is 18.6 Å². The van der Waals surface area contributed by atoms with Crippen molar-refractivity contribution in [3.05, 3.63) is 109 Å². The first-order valence-electron chi connectivity index (χ1n) is 22.8. The van der Waals surface area contributed by atoms with Gasteiger partial charge in [-0.2, -0.15) is 0 Å². The van der Waals surface area contributed by atoms with E-state index in [4.69, 9.17) is 18.5 Å². The molecule has 0 aromatic heterocycles. The van der Waals surface area contributed by atoms with Gasteiger partial charge in [0.15, 0.2) is 6.10 Å². The van der Waals surface area contributed by atoms with Crippen molar-refractivity contribution in [3.63, 3.8) is 0 Å². The van der Waals surface area contributed by atoms with Crippen LogP contribution in [0.5, 0.6) is 0 Å². The second-order valence-corrected chi connectivity index (χ2v) is 16.7. The maximum atomic E-state index is 12.8. The topological polar surface area (TPSA) is 230 Å². The van der Waals surface area contributed by atoms with Gasteiger partial charge in [-0.25, -0.2) is 4.57 Å². The molecule has 0 aromatic carbocycles. The summed E-state index contributed by atoms with van der Waals surface area (Å²) in [5, 5.41) is 60.2. The number of ether oxygens (including phenoxy) is 2. The van der Waals surface area contributed by atoms with Crippen LogP contribution >= 0.6 is 7.82 Å². The minimum atomic E-state index is -5.16. The van der Waals surface area contributed by atoms with Crippen molar-refractivity contribution < 1.29 is 68.2 Å². The molecule has 1 aliphatic carbocycles. The third-order valence-corrected chi connectivity index (χ3v) is 10.7. The van der Waals surface area contributed by atoms with Crippen LogP contribution in [0.3, 0.4) is 0 Å². The largest absolute Gasteiger partial charge is 0.472 e. The molecule has 362 valence electrons. The molecule has 9 atom stereocenters. The number of hydrogen-bond acceptors (Lipinski definition) is 13. The summed E-state index contributed by atoms with van der Waals surface area (Å²) in [6.45, 7) is 2.91. The Hall–Kier alpha value is -3.53. The van der Waals surface area contributed by atoms with Gasteiger partial charge in [-0.05, 0) is 77.0 Å².